The predicted molar refractivity (Wildman–Crippen MR) is 111 cm³/mol. The lowest BCUT2D eigenvalue weighted by Crippen LogP contribution is -2.27. The highest BCUT2D eigenvalue weighted by Crippen LogP contribution is 2.40. The molecule has 4 rings (SSSR count). The number of carbonyl (C=O) groups is 1. The highest BCUT2D eigenvalue weighted by Gasteiger charge is 2.37. The zero-order valence-corrected chi connectivity index (χ0v) is 17.7. The van der Waals surface area contributed by atoms with Crippen LogP contribution in [0.1, 0.15) is 43.6 Å². The molecule has 2 aromatic carbocycles. The Kier molecular flexibility index (Phi) is 4.55. The van der Waals surface area contributed by atoms with Crippen LogP contribution in [0, 0.1) is 6.92 Å². The fourth-order valence-corrected chi connectivity index (χ4v) is 5.43. The third-order valence-electron chi connectivity index (χ3n) is 5.07. The number of ether oxygens (including phenoxy) is 1. The number of esters is 1. The third kappa shape index (κ3) is 3.45. The molecule has 3 aromatic rings. The van der Waals surface area contributed by atoms with Crippen LogP contribution in [0.4, 0.5) is 0 Å². The van der Waals surface area contributed by atoms with E-state index in [0.717, 1.165) is 27.7 Å². The maximum atomic E-state index is 12.6. The van der Waals surface area contributed by atoms with Gasteiger partial charge in [0, 0.05) is 22.2 Å². The summed E-state index contributed by atoms with van der Waals surface area (Å²) in [5.41, 5.74) is 2.71. The van der Waals surface area contributed by atoms with Crippen molar-refractivity contribution in [2.75, 3.05) is 0 Å². The van der Waals surface area contributed by atoms with Gasteiger partial charge in [-0.25, -0.2) is 8.42 Å². The number of aromatic nitrogens is 1. The maximum absolute atomic E-state index is 12.6. The van der Waals surface area contributed by atoms with E-state index in [1.165, 1.54) is 0 Å². The fraction of sp³-hybridized carbons (Fsp3) is 0.318. The number of fused-ring (bicyclic) bond motifs is 2. The summed E-state index contributed by atoms with van der Waals surface area (Å²) in [5.74, 6) is -0.333. The summed E-state index contributed by atoms with van der Waals surface area (Å²) in [4.78, 5) is 12.8. The van der Waals surface area contributed by atoms with Gasteiger partial charge in [-0.2, -0.15) is 4.72 Å². The molecule has 2 heterocycles. The Morgan fingerprint density at radius 2 is 1.76 bits per heavy atom. The molecule has 1 aliphatic rings. The number of benzene rings is 2. The van der Waals surface area contributed by atoms with Gasteiger partial charge < -0.3 is 9.30 Å². The van der Waals surface area contributed by atoms with Crippen molar-refractivity contribution in [3.63, 3.8) is 0 Å². The Morgan fingerprint density at radius 1 is 1.10 bits per heavy atom. The summed E-state index contributed by atoms with van der Waals surface area (Å²) in [5, 5.41) is 0.915. The summed E-state index contributed by atoms with van der Waals surface area (Å²) >= 11 is 0. The lowest BCUT2D eigenvalue weighted by molar-refractivity contribution is -0.155. The second-order valence-electron chi connectivity index (χ2n) is 8.28. The topological polar surface area (TPSA) is 77.4 Å². The molecule has 0 saturated heterocycles. The van der Waals surface area contributed by atoms with Gasteiger partial charge in [0.15, 0.2) is 0 Å². The van der Waals surface area contributed by atoms with Crippen molar-refractivity contribution >= 4 is 26.9 Å². The predicted octanol–water partition coefficient (Wildman–Crippen LogP) is 3.67. The number of sulfonamides is 1. The minimum Gasteiger partial charge on any atom is -0.459 e. The van der Waals surface area contributed by atoms with E-state index in [1.54, 1.807) is 12.1 Å². The van der Waals surface area contributed by atoms with E-state index >= 15 is 0 Å². The normalized spacial score (nSPS) is 18.0. The van der Waals surface area contributed by atoms with Crippen LogP contribution in [0.5, 0.6) is 0 Å². The molecule has 152 valence electrons. The minimum absolute atomic E-state index is 0.0603. The van der Waals surface area contributed by atoms with Crippen molar-refractivity contribution in [1.29, 1.82) is 0 Å². The summed E-state index contributed by atoms with van der Waals surface area (Å²) < 4.78 is 35.5. The van der Waals surface area contributed by atoms with E-state index < -0.39 is 21.7 Å². The van der Waals surface area contributed by atoms with Gasteiger partial charge in [0.2, 0.25) is 10.0 Å². The minimum atomic E-state index is -3.58. The standard InChI is InChI=1S/C22H24N2O4S/c1-14-20(21-16-10-6-8-12-18(16)29(26,27)23-21)15-9-5-7-11-17(15)24(14)13-19(25)28-22(2,3)4/h5-12,21,23H,13H2,1-4H3. The Hall–Kier alpha value is -2.64. The number of carbonyl (C=O) groups excluding carboxylic acids is 1. The average molecular weight is 413 g/mol. The Labute approximate surface area is 170 Å². The van der Waals surface area contributed by atoms with Gasteiger partial charge in [0.1, 0.15) is 12.1 Å². The summed E-state index contributed by atoms with van der Waals surface area (Å²) in [6, 6.07) is 14.2. The first kappa shape index (κ1) is 19.7. The Morgan fingerprint density at radius 3 is 2.48 bits per heavy atom. The van der Waals surface area contributed by atoms with Crippen LogP contribution in [-0.4, -0.2) is 24.6 Å². The van der Waals surface area contributed by atoms with Crippen molar-refractivity contribution in [3.8, 4) is 0 Å². The molecule has 0 aliphatic carbocycles. The Balaban J connectivity index is 1.86. The number of hydrogen-bond donors (Lipinski definition) is 1. The van der Waals surface area contributed by atoms with Crippen LogP contribution in [-0.2, 0) is 26.1 Å². The van der Waals surface area contributed by atoms with Gasteiger partial charge in [-0.05, 0) is 45.4 Å². The smallest absolute Gasteiger partial charge is 0.326 e. The maximum Gasteiger partial charge on any atom is 0.326 e. The molecule has 0 amide bonds. The molecule has 1 aromatic heterocycles. The first-order valence-electron chi connectivity index (χ1n) is 9.49. The van der Waals surface area contributed by atoms with Gasteiger partial charge in [0.05, 0.1) is 10.9 Å². The van der Waals surface area contributed by atoms with Gasteiger partial charge in [-0.1, -0.05) is 36.4 Å². The van der Waals surface area contributed by atoms with Crippen LogP contribution in [0.2, 0.25) is 0 Å². The summed E-state index contributed by atoms with van der Waals surface area (Å²) in [6.45, 7) is 7.48. The van der Waals surface area contributed by atoms with Crippen LogP contribution in [0.15, 0.2) is 53.4 Å². The zero-order valence-electron chi connectivity index (χ0n) is 16.9. The molecular formula is C22H24N2O4S. The third-order valence-corrected chi connectivity index (χ3v) is 6.56. The Bertz CT molecular complexity index is 1220. The molecule has 1 N–H and O–H groups in total. The number of hydrogen-bond acceptors (Lipinski definition) is 4. The molecule has 0 bridgehead atoms. The molecule has 29 heavy (non-hydrogen) atoms. The highest BCUT2D eigenvalue weighted by molar-refractivity contribution is 7.89. The number of nitrogens with zero attached hydrogens (tertiary/aromatic N) is 1. The molecule has 1 aliphatic heterocycles. The number of rotatable bonds is 3. The summed E-state index contributed by atoms with van der Waals surface area (Å²) in [7, 11) is -3.58. The monoisotopic (exact) mass is 412 g/mol. The molecule has 0 fully saturated rings. The second-order valence-corrected chi connectivity index (χ2v) is 9.96. The van der Waals surface area contributed by atoms with E-state index in [0.29, 0.717) is 4.90 Å². The molecule has 0 spiro atoms. The number of para-hydroxylation sites is 1. The molecule has 0 saturated carbocycles. The van der Waals surface area contributed by atoms with Crippen LogP contribution < -0.4 is 4.72 Å². The van der Waals surface area contributed by atoms with E-state index in [4.69, 9.17) is 4.74 Å². The first-order valence-corrected chi connectivity index (χ1v) is 11.0. The van der Waals surface area contributed by atoms with Crippen molar-refractivity contribution in [3.05, 3.63) is 65.4 Å². The van der Waals surface area contributed by atoms with E-state index in [-0.39, 0.29) is 12.5 Å². The van der Waals surface area contributed by atoms with Crippen LogP contribution in [0.3, 0.4) is 0 Å². The van der Waals surface area contributed by atoms with Crippen LogP contribution >= 0.6 is 0 Å². The van der Waals surface area contributed by atoms with E-state index in [9.17, 15) is 13.2 Å². The molecule has 1 unspecified atom stereocenters. The zero-order chi connectivity index (χ0) is 21.0. The lowest BCUT2D eigenvalue weighted by Gasteiger charge is -2.20. The molecule has 7 heteroatoms. The number of nitrogens with one attached hydrogen (secondary N) is 1. The second kappa shape index (κ2) is 6.71. The van der Waals surface area contributed by atoms with E-state index in [1.807, 2.05) is 68.7 Å². The fourth-order valence-electron chi connectivity index (χ4n) is 3.99. The first-order chi connectivity index (χ1) is 13.6. The quantitative estimate of drug-likeness (QED) is 0.666. The van der Waals surface area contributed by atoms with E-state index in [2.05, 4.69) is 4.72 Å². The van der Waals surface area contributed by atoms with Crippen molar-refractivity contribution in [2.45, 2.75) is 50.8 Å². The van der Waals surface area contributed by atoms with Crippen molar-refractivity contribution in [1.82, 2.24) is 9.29 Å². The molecule has 0 radical (unpaired) electrons. The average Bonchev–Trinajstić information content (AvgIpc) is 3.05. The van der Waals surface area contributed by atoms with Gasteiger partial charge in [-0.15, -0.1) is 0 Å². The van der Waals surface area contributed by atoms with Crippen molar-refractivity contribution in [2.24, 2.45) is 0 Å². The summed E-state index contributed by atoms with van der Waals surface area (Å²) in [6.07, 6.45) is 0. The van der Waals surface area contributed by atoms with Gasteiger partial charge in [-0.3, -0.25) is 4.79 Å². The SMILES string of the molecule is Cc1c(C2NS(=O)(=O)c3ccccc32)c2ccccc2n1CC(=O)OC(C)(C)C. The highest BCUT2D eigenvalue weighted by atomic mass is 32.2. The molecule has 1 atom stereocenters. The van der Waals surface area contributed by atoms with Gasteiger partial charge >= 0.3 is 5.97 Å². The largest absolute Gasteiger partial charge is 0.459 e. The van der Waals surface area contributed by atoms with Crippen molar-refractivity contribution < 1.29 is 17.9 Å². The molecular weight excluding hydrogens is 388 g/mol. The van der Waals surface area contributed by atoms with Gasteiger partial charge in [0.25, 0.3) is 0 Å². The van der Waals surface area contributed by atoms with Crippen LogP contribution in [0.25, 0.3) is 10.9 Å². The lowest BCUT2D eigenvalue weighted by atomic mass is 9.97. The molecule has 6 nitrogen and oxygen atoms in total.